The maximum absolute atomic E-state index is 11.9. The summed E-state index contributed by atoms with van der Waals surface area (Å²) in [5.74, 6) is -1.32. The van der Waals surface area contributed by atoms with Gasteiger partial charge in [-0.25, -0.2) is 4.79 Å². The molecule has 0 saturated carbocycles. The zero-order valence-corrected chi connectivity index (χ0v) is 12.1. The molecular formula is C13H25N3O3. The normalized spacial score (nSPS) is 20.6. The third kappa shape index (κ3) is 4.70. The Labute approximate surface area is 114 Å². The number of nitrogens with one attached hydrogen (secondary N) is 1. The van der Waals surface area contributed by atoms with E-state index in [1.165, 1.54) is 0 Å². The standard InChI is InChI=1S/C13H25N3O3/c1-4-5-10(12(17)18)8-14-13(19)16-7-6-11(9-16)15(2)3/h10-11H,4-9H2,1-3H3,(H,14,19)(H,17,18). The Morgan fingerprint density at radius 2 is 2.16 bits per heavy atom. The number of rotatable bonds is 6. The van der Waals surface area contributed by atoms with Gasteiger partial charge in [0, 0.05) is 25.7 Å². The van der Waals surface area contributed by atoms with Crippen LogP contribution in [-0.2, 0) is 4.79 Å². The van der Waals surface area contributed by atoms with E-state index in [1.807, 2.05) is 21.0 Å². The van der Waals surface area contributed by atoms with Crippen LogP contribution in [-0.4, -0.2) is 66.7 Å². The zero-order valence-electron chi connectivity index (χ0n) is 12.1. The first-order valence-corrected chi connectivity index (χ1v) is 6.87. The maximum Gasteiger partial charge on any atom is 0.317 e. The quantitative estimate of drug-likeness (QED) is 0.750. The number of carbonyl (C=O) groups is 2. The Morgan fingerprint density at radius 3 is 2.63 bits per heavy atom. The van der Waals surface area contributed by atoms with Crippen molar-refractivity contribution >= 4 is 12.0 Å². The van der Waals surface area contributed by atoms with Crippen molar-refractivity contribution in [3.8, 4) is 0 Å². The summed E-state index contributed by atoms with van der Waals surface area (Å²) in [4.78, 5) is 26.8. The van der Waals surface area contributed by atoms with E-state index in [4.69, 9.17) is 5.11 Å². The highest BCUT2D eigenvalue weighted by molar-refractivity contribution is 5.76. The minimum absolute atomic E-state index is 0.147. The Kier molecular flexibility index (Phi) is 6.08. The molecule has 2 amide bonds. The van der Waals surface area contributed by atoms with E-state index in [9.17, 15) is 9.59 Å². The van der Waals surface area contributed by atoms with E-state index >= 15 is 0 Å². The van der Waals surface area contributed by atoms with Crippen LogP contribution in [0.15, 0.2) is 0 Å². The van der Waals surface area contributed by atoms with Crippen molar-refractivity contribution in [1.29, 1.82) is 0 Å². The largest absolute Gasteiger partial charge is 0.481 e. The number of hydrogen-bond donors (Lipinski definition) is 2. The monoisotopic (exact) mass is 271 g/mol. The van der Waals surface area contributed by atoms with Crippen molar-refractivity contribution in [3.05, 3.63) is 0 Å². The van der Waals surface area contributed by atoms with E-state index in [0.717, 1.165) is 19.4 Å². The van der Waals surface area contributed by atoms with Gasteiger partial charge in [-0.2, -0.15) is 0 Å². The van der Waals surface area contributed by atoms with E-state index in [-0.39, 0.29) is 12.6 Å². The Bertz CT molecular complexity index is 320. The van der Waals surface area contributed by atoms with Crippen molar-refractivity contribution in [1.82, 2.24) is 15.1 Å². The molecule has 19 heavy (non-hydrogen) atoms. The van der Waals surface area contributed by atoms with Crippen LogP contribution in [0.4, 0.5) is 4.79 Å². The van der Waals surface area contributed by atoms with Crippen LogP contribution in [0.1, 0.15) is 26.2 Å². The number of amides is 2. The molecule has 1 aliphatic heterocycles. The van der Waals surface area contributed by atoms with Crippen LogP contribution < -0.4 is 5.32 Å². The second kappa shape index (κ2) is 7.33. The van der Waals surface area contributed by atoms with Crippen LogP contribution in [0.5, 0.6) is 0 Å². The molecule has 2 N–H and O–H groups in total. The zero-order chi connectivity index (χ0) is 14.4. The number of carbonyl (C=O) groups excluding carboxylic acids is 1. The summed E-state index contributed by atoms with van der Waals surface area (Å²) in [5.41, 5.74) is 0. The van der Waals surface area contributed by atoms with Gasteiger partial charge in [-0.3, -0.25) is 4.79 Å². The number of aliphatic carboxylic acids is 1. The molecule has 6 nitrogen and oxygen atoms in total. The third-order valence-electron chi connectivity index (χ3n) is 3.67. The number of nitrogens with zero attached hydrogens (tertiary/aromatic N) is 2. The molecule has 0 aliphatic carbocycles. The van der Waals surface area contributed by atoms with Gasteiger partial charge in [0.2, 0.25) is 0 Å². The van der Waals surface area contributed by atoms with Crippen LogP contribution >= 0.6 is 0 Å². The lowest BCUT2D eigenvalue weighted by Gasteiger charge is -2.21. The van der Waals surface area contributed by atoms with Gasteiger partial charge < -0.3 is 20.2 Å². The molecule has 1 rings (SSSR count). The second-order valence-electron chi connectivity index (χ2n) is 5.36. The third-order valence-corrected chi connectivity index (χ3v) is 3.67. The van der Waals surface area contributed by atoms with Gasteiger partial charge in [0.1, 0.15) is 0 Å². The summed E-state index contributed by atoms with van der Waals surface area (Å²) >= 11 is 0. The average Bonchev–Trinajstić information content (AvgIpc) is 2.83. The fourth-order valence-corrected chi connectivity index (χ4v) is 2.33. The Morgan fingerprint density at radius 1 is 1.47 bits per heavy atom. The molecule has 2 atom stereocenters. The fraction of sp³-hybridized carbons (Fsp3) is 0.846. The van der Waals surface area contributed by atoms with Gasteiger partial charge in [0.25, 0.3) is 0 Å². The first-order valence-electron chi connectivity index (χ1n) is 6.87. The fourth-order valence-electron chi connectivity index (χ4n) is 2.33. The predicted octanol–water partition coefficient (Wildman–Crippen LogP) is 0.833. The minimum Gasteiger partial charge on any atom is -0.481 e. The Balaban J connectivity index is 2.37. The number of likely N-dealkylation sites (tertiary alicyclic amines) is 1. The molecule has 6 heteroatoms. The molecule has 0 bridgehead atoms. The number of hydrogen-bond acceptors (Lipinski definition) is 3. The van der Waals surface area contributed by atoms with E-state index in [1.54, 1.807) is 4.90 Å². The van der Waals surface area contributed by atoms with E-state index in [2.05, 4.69) is 10.2 Å². The predicted molar refractivity (Wildman–Crippen MR) is 73.1 cm³/mol. The van der Waals surface area contributed by atoms with E-state index in [0.29, 0.717) is 19.0 Å². The molecule has 110 valence electrons. The lowest BCUT2D eigenvalue weighted by atomic mass is 10.0. The van der Waals surface area contributed by atoms with Gasteiger partial charge in [-0.15, -0.1) is 0 Å². The van der Waals surface area contributed by atoms with Crippen molar-refractivity contribution in [2.75, 3.05) is 33.7 Å². The van der Waals surface area contributed by atoms with Crippen molar-refractivity contribution < 1.29 is 14.7 Å². The average molecular weight is 271 g/mol. The number of carboxylic acid groups (broad SMARTS) is 1. The van der Waals surface area contributed by atoms with Gasteiger partial charge in [-0.1, -0.05) is 13.3 Å². The van der Waals surface area contributed by atoms with Crippen molar-refractivity contribution in [3.63, 3.8) is 0 Å². The van der Waals surface area contributed by atoms with Crippen LogP contribution in [0, 0.1) is 5.92 Å². The highest BCUT2D eigenvalue weighted by atomic mass is 16.4. The summed E-state index contributed by atoms with van der Waals surface area (Å²) < 4.78 is 0. The van der Waals surface area contributed by atoms with Crippen molar-refractivity contribution in [2.45, 2.75) is 32.2 Å². The molecule has 0 aromatic rings. The Hall–Kier alpha value is -1.30. The highest BCUT2D eigenvalue weighted by Crippen LogP contribution is 2.13. The number of likely N-dealkylation sites (N-methyl/N-ethyl adjacent to an activating group) is 1. The molecular weight excluding hydrogens is 246 g/mol. The molecule has 0 aromatic heterocycles. The molecule has 0 aromatic carbocycles. The molecule has 1 fully saturated rings. The molecule has 0 spiro atoms. The summed E-state index contributed by atoms with van der Waals surface area (Å²) in [6.07, 6.45) is 2.37. The second-order valence-corrected chi connectivity index (χ2v) is 5.36. The van der Waals surface area contributed by atoms with Gasteiger partial charge >= 0.3 is 12.0 Å². The molecule has 1 aliphatic rings. The van der Waals surface area contributed by atoms with Gasteiger partial charge in [0.15, 0.2) is 0 Å². The van der Waals surface area contributed by atoms with Crippen molar-refractivity contribution in [2.24, 2.45) is 5.92 Å². The maximum atomic E-state index is 11.9. The van der Waals surface area contributed by atoms with Gasteiger partial charge in [-0.05, 0) is 26.9 Å². The summed E-state index contributed by atoms with van der Waals surface area (Å²) in [6, 6.07) is 0.253. The van der Waals surface area contributed by atoms with E-state index < -0.39 is 11.9 Å². The molecule has 2 unspecified atom stereocenters. The topological polar surface area (TPSA) is 72.9 Å². The van der Waals surface area contributed by atoms with Crippen LogP contribution in [0.2, 0.25) is 0 Å². The number of carboxylic acids is 1. The van der Waals surface area contributed by atoms with Gasteiger partial charge in [0.05, 0.1) is 5.92 Å². The van der Waals surface area contributed by atoms with Crippen LogP contribution in [0.25, 0.3) is 0 Å². The first-order chi connectivity index (χ1) is 8.95. The molecule has 0 radical (unpaired) electrons. The molecule has 1 saturated heterocycles. The smallest absolute Gasteiger partial charge is 0.317 e. The number of urea groups is 1. The summed E-state index contributed by atoms with van der Waals surface area (Å²) in [5, 5.41) is 11.8. The lowest BCUT2D eigenvalue weighted by Crippen LogP contribution is -2.43. The highest BCUT2D eigenvalue weighted by Gasteiger charge is 2.28. The lowest BCUT2D eigenvalue weighted by molar-refractivity contribution is -0.141. The van der Waals surface area contributed by atoms with Crippen LogP contribution in [0.3, 0.4) is 0 Å². The summed E-state index contributed by atoms with van der Waals surface area (Å²) in [7, 11) is 4.02. The minimum atomic E-state index is -0.838. The SMILES string of the molecule is CCCC(CNC(=O)N1CCC(N(C)C)C1)C(=O)O. The first kappa shape index (κ1) is 15.8. The summed E-state index contributed by atoms with van der Waals surface area (Å²) in [6.45, 7) is 3.61. The molecule has 1 heterocycles.